The van der Waals surface area contributed by atoms with E-state index in [9.17, 15) is 8.78 Å². The number of halogens is 2. The highest BCUT2D eigenvalue weighted by molar-refractivity contribution is 7.98. The molecule has 1 aliphatic carbocycles. The minimum Gasteiger partial charge on any atom is -0.354 e. The third kappa shape index (κ3) is 2.22. The molecule has 1 spiro atoms. The summed E-state index contributed by atoms with van der Waals surface area (Å²) in [6, 6.07) is 1.88. The van der Waals surface area contributed by atoms with E-state index in [-0.39, 0.29) is 18.3 Å². The van der Waals surface area contributed by atoms with Gasteiger partial charge < -0.3 is 4.90 Å². The second-order valence-electron chi connectivity index (χ2n) is 6.31. The van der Waals surface area contributed by atoms with Gasteiger partial charge in [-0.2, -0.15) is 0 Å². The molecular formula is C15H16F2N4S. The van der Waals surface area contributed by atoms with Crippen LogP contribution in [0.2, 0.25) is 0 Å². The number of anilines is 1. The lowest BCUT2D eigenvalue weighted by Crippen LogP contribution is -2.47. The Hall–Kier alpha value is -1.50. The number of aromatic nitrogens is 3. The van der Waals surface area contributed by atoms with Crippen molar-refractivity contribution >= 4 is 28.5 Å². The molecule has 4 rings (SSSR count). The van der Waals surface area contributed by atoms with Crippen LogP contribution in [-0.2, 0) is 0 Å². The summed E-state index contributed by atoms with van der Waals surface area (Å²) in [5.74, 6) is -1.68. The predicted octanol–water partition coefficient (Wildman–Crippen LogP) is 3.37. The molecule has 116 valence electrons. The Morgan fingerprint density at radius 1 is 1.27 bits per heavy atom. The van der Waals surface area contributed by atoms with Gasteiger partial charge in [0.2, 0.25) is 5.92 Å². The first kappa shape index (κ1) is 14.1. The molecule has 0 radical (unpaired) electrons. The Balaban J connectivity index is 1.67. The van der Waals surface area contributed by atoms with E-state index in [1.54, 1.807) is 12.4 Å². The van der Waals surface area contributed by atoms with Gasteiger partial charge in [0, 0.05) is 49.1 Å². The van der Waals surface area contributed by atoms with Crippen molar-refractivity contribution in [2.24, 2.45) is 5.41 Å². The first-order valence-electron chi connectivity index (χ1n) is 7.29. The van der Waals surface area contributed by atoms with Crippen LogP contribution in [0.3, 0.4) is 0 Å². The highest BCUT2D eigenvalue weighted by atomic mass is 32.2. The molecule has 2 fully saturated rings. The van der Waals surface area contributed by atoms with Gasteiger partial charge in [0.05, 0.1) is 0 Å². The summed E-state index contributed by atoms with van der Waals surface area (Å²) in [5, 5.41) is 1.63. The fourth-order valence-corrected chi connectivity index (χ4v) is 4.05. The third-order valence-corrected chi connectivity index (χ3v) is 5.21. The zero-order valence-corrected chi connectivity index (χ0v) is 13.0. The van der Waals surface area contributed by atoms with Crippen molar-refractivity contribution in [3.8, 4) is 0 Å². The average molecular weight is 322 g/mol. The molecule has 0 unspecified atom stereocenters. The van der Waals surface area contributed by atoms with Crippen LogP contribution in [-0.4, -0.2) is 40.2 Å². The Labute approximate surface area is 131 Å². The van der Waals surface area contributed by atoms with Crippen LogP contribution in [0.25, 0.3) is 10.9 Å². The molecule has 2 aromatic rings. The maximum Gasteiger partial charge on any atom is 0.249 e. The van der Waals surface area contributed by atoms with E-state index in [0.29, 0.717) is 11.7 Å². The van der Waals surface area contributed by atoms with Gasteiger partial charge in [-0.15, -0.1) is 0 Å². The molecule has 0 atom stereocenters. The summed E-state index contributed by atoms with van der Waals surface area (Å²) in [4.78, 5) is 15.4. The summed E-state index contributed by atoms with van der Waals surface area (Å²) in [6.45, 7) is 1.41. The number of fused-ring (bicyclic) bond motifs is 1. The fourth-order valence-electron chi connectivity index (χ4n) is 3.71. The second kappa shape index (κ2) is 4.75. The molecule has 0 amide bonds. The smallest absolute Gasteiger partial charge is 0.249 e. The van der Waals surface area contributed by atoms with Gasteiger partial charge >= 0.3 is 0 Å². The lowest BCUT2D eigenvalue weighted by atomic mass is 9.65. The molecule has 1 saturated carbocycles. The van der Waals surface area contributed by atoms with Crippen LogP contribution in [0.4, 0.5) is 14.6 Å². The van der Waals surface area contributed by atoms with Crippen molar-refractivity contribution in [3.63, 3.8) is 0 Å². The van der Waals surface area contributed by atoms with E-state index >= 15 is 0 Å². The van der Waals surface area contributed by atoms with Gasteiger partial charge in [0.1, 0.15) is 5.52 Å². The molecule has 1 aliphatic heterocycles. The van der Waals surface area contributed by atoms with E-state index in [1.807, 2.05) is 12.3 Å². The first-order valence-corrected chi connectivity index (χ1v) is 8.51. The van der Waals surface area contributed by atoms with Crippen molar-refractivity contribution in [1.82, 2.24) is 15.0 Å². The summed E-state index contributed by atoms with van der Waals surface area (Å²) in [5.41, 5.74) is 0.577. The van der Waals surface area contributed by atoms with Crippen LogP contribution in [0, 0.1) is 5.41 Å². The normalized spacial score (nSPS) is 22.2. The second-order valence-corrected chi connectivity index (χ2v) is 7.08. The standard InChI is InChI=1S/C15H16F2N4S/c1-22-13-19-6-10-2-4-18-12(11(10)20-13)21-5-3-14(9-21)7-15(16,17)8-14/h2,4,6H,3,5,7-9H2,1H3. The molecule has 2 aliphatic rings. The van der Waals surface area contributed by atoms with Gasteiger partial charge in [0.25, 0.3) is 0 Å². The minimum atomic E-state index is -2.48. The zero-order valence-electron chi connectivity index (χ0n) is 12.2. The molecule has 2 aromatic heterocycles. The van der Waals surface area contributed by atoms with Gasteiger partial charge in [-0.1, -0.05) is 11.8 Å². The summed E-state index contributed by atoms with van der Waals surface area (Å²) < 4.78 is 26.5. The van der Waals surface area contributed by atoms with Gasteiger partial charge in [-0.3, -0.25) is 0 Å². The van der Waals surface area contributed by atoms with Crippen LogP contribution in [0.1, 0.15) is 19.3 Å². The Bertz CT molecular complexity index is 729. The van der Waals surface area contributed by atoms with Crippen molar-refractivity contribution < 1.29 is 8.78 Å². The quantitative estimate of drug-likeness (QED) is 0.626. The van der Waals surface area contributed by atoms with Crippen LogP contribution >= 0.6 is 11.8 Å². The maximum atomic E-state index is 13.3. The van der Waals surface area contributed by atoms with Crippen molar-refractivity contribution in [2.45, 2.75) is 30.3 Å². The topological polar surface area (TPSA) is 41.9 Å². The molecule has 1 saturated heterocycles. The predicted molar refractivity (Wildman–Crippen MR) is 82.6 cm³/mol. The fraction of sp³-hybridized carbons (Fsp3) is 0.533. The number of rotatable bonds is 2. The van der Waals surface area contributed by atoms with Crippen LogP contribution in [0.5, 0.6) is 0 Å². The van der Waals surface area contributed by atoms with Crippen molar-refractivity contribution in [2.75, 3.05) is 24.2 Å². The van der Waals surface area contributed by atoms with E-state index in [2.05, 4.69) is 19.9 Å². The summed E-state index contributed by atoms with van der Waals surface area (Å²) in [6.07, 6.45) is 6.28. The first-order chi connectivity index (χ1) is 10.5. The lowest BCUT2D eigenvalue weighted by Gasteiger charge is -2.44. The molecule has 3 heterocycles. The van der Waals surface area contributed by atoms with Crippen molar-refractivity contribution in [3.05, 3.63) is 18.5 Å². The number of hydrogen-bond acceptors (Lipinski definition) is 5. The van der Waals surface area contributed by atoms with E-state index in [1.165, 1.54) is 11.8 Å². The molecule has 4 nitrogen and oxygen atoms in total. The van der Waals surface area contributed by atoms with Gasteiger partial charge in [-0.05, 0) is 18.7 Å². The van der Waals surface area contributed by atoms with Crippen LogP contribution < -0.4 is 4.90 Å². The van der Waals surface area contributed by atoms with E-state index in [0.717, 1.165) is 29.7 Å². The Kier molecular flexibility index (Phi) is 3.04. The highest BCUT2D eigenvalue weighted by Gasteiger charge is 2.58. The molecule has 7 heteroatoms. The van der Waals surface area contributed by atoms with E-state index < -0.39 is 5.92 Å². The number of nitrogens with zero attached hydrogens (tertiary/aromatic N) is 4. The molecule has 0 bridgehead atoms. The summed E-state index contributed by atoms with van der Waals surface area (Å²) >= 11 is 1.48. The molecule has 22 heavy (non-hydrogen) atoms. The minimum absolute atomic E-state index is 0.00626. The average Bonchev–Trinajstić information content (AvgIpc) is 2.89. The van der Waals surface area contributed by atoms with Crippen LogP contribution in [0.15, 0.2) is 23.6 Å². The SMILES string of the molecule is CSc1ncc2ccnc(N3CCC4(C3)CC(F)(F)C4)c2n1. The maximum absolute atomic E-state index is 13.3. The largest absolute Gasteiger partial charge is 0.354 e. The number of pyridine rings is 1. The Morgan fingerprint density at radius 3 is 2.82 bits per heavy atom. The number of thioether (sulfide) groups is 1. The molecule has 0 N–H and O–H groups in total. The van der Waals surface area contributed by atoms with Crippen molar-refractivity contribution in [1.29, 1.82) is 0 Å². The van der Waals surface area contributed by atoms with E-state index in [4.69, 9.17) is 0 Å². The third-order valence-electron chi connectivity index (χ3n) is 4.65. The molecular weight excluding hydrogens is 306 g/mol. The highest BCUT2D eigenvalue weighted by Crippen LogP contribution is 2.57. The number of alkyl halides is 2. The molecule has 0 aromatic carbocycles. The monoisotopic (exact) mass is 322 g/mol. The number of hydrogen-bond donors (Lipinski definition) is 0. The van der Waals surface area contributed by atoms with Gasteiger partial charge in [0.15, 0.2) is 11.0 Å². The summed E-state index contributed by atoms with van der Waals surface area (Å²) in [7, 11) is 0. The Morgan fingerprint density at radius 2 is 2.09 bits per heavy atom. The lowest BCUT2D eigenvalue weighted by molar-refractivity contribution is -0.152. The van der Waals surface area contributed by atoms with Gasteiger partial charge in [-0.25, -0.2) is 23.7 Å². The zero-order chi connectivity index (χ0) is 15.4.